The van der Waals surface area contributed by atoms with Crippen molar-refractivity contribution < 1.29 is 37.4 Å². The molecule has 11 heteroatoms. The molecule has 0 aliphatic carbocycles. The van der Waals surface area contributed by atoms with E-state index in [1.807, 2.05) is 0 Å². The van der Waals surface area contributed by atoms with Gasteiger partial charge in [0, 0.05) is 0 Å². The molecule has 7 nitrogen and oxygen atoms in total. The quantitative estimate of drug-likeness (QED) is 0.759. The van der Waals surface area contributed by atoms with Crippen molar-refractivity contribution in [3.8, 4) is 16.3 Å². The highest BCUT2D eigenvalue weighted by Gasteiger charge is 2.32. The molecule has 2 rings (SSSR count). The van der Waals surface area contributed by atoms with Gasteiger partial charge in [-0.2, -0.15) is 0 Å². The molecule has 1 N–H and O–H groups in total. The van der Waals surface area contributed by atoms with Gasteiger partial charge in [0.25, 0.3) is 0 Å². The SMILES string of the molecule is COc1ccc(F)c(-c2nc(C(=O)O)c(N(F)C(=O)OC(C)(C)C)s2)c1F. The molecule has 27 heavy (non-hydrogen) atoms. The van der Waals surface area contributed by atoms with Gasteiger partial charge in [0.15, 0.2) is 22.3 Å². The van der Waals surface area contributed by atoms with Crippen LogP contribution in [0, 0.1) is 11.6 Å². The molecule has 0 saturated carbocycles. The van der Waals surface area contributed by atoms with E-state index in [0.717, 1.165) is 19.2 Å². The van der Waals surface area contributed by atoms with Gasteiger partial charge in [-0.15, -0.1) is 0 Å². The smallest absolute Gasteiger partial charge is 0.444 e. The number of anilines is 1. The number of ether oxygens (including phenoxy) is 2. The van der Waals surface area contributed by atoms with Crippen molar-refractivity contribution in [2.75, 3.05) is 12.2 Å². The Morgan fingerprint density at radius 1 is 1.26 bits per heavy atom. The fourth-order valence-corrected chi connectivity index (χ4v) is 2.96. The molecule has 0 fully saturated rings. The van der Waals surface area contributed by atoms with E-state index in [4.69, 9.17) is 9.47 Å². The summed E-state index contributed by atoms with van der Waals surface area (Å²) in [6, 6.07) is 1.92. The number of nitrogens with zero attached hydrogens (tertiary/aromatic N) is 2. The van der Waals surface area contributed by atoms with Crippen molar-refractivity contribution in [2.45, 2.75) is 26.4 Å². The number of carboxylic acid groups (broad SMARTS) is 1. The van der Waals surface area contributed by atoms with Gasteiger partial charge in [-0.1, -0.05) is 20.9 Å². The van der Waals surface area contributed by atoms with Gasteiger partial charge in [-0.25, -0.2) is 23.4 Å². The number of benzene rings is 1. The number of amides is 1. The van der Waals surface area contributed by atoms with Crippen LogP contribution in [0.3, 0.4) is 0 Å². The fourth-order valence-electron chi connectivity index (χ4n) is 1.96. The number of methoxy groups -OCH3 is 1. The summed E-state index contributed by atoms with van der Waals surface area (Å²) in [5.41, 5.74) is -2.65. The third-order valence-electron chi connectivity index (χ3n) is 3.03. The standard InChI is InChI=1S/C16H15F3N2O5S/c1-16(2,3)26-15(24)21(19)13-11(14(22)23)20-12(27-13)9-7(17)5-6-8(25-4)10(9)18/h5-6H,1-4H3,(H,22,23). The highest BCUT2D eigenvalue weighted by Crippen LogP contribution is 2.39. The van der Waals surface area contributed by atoms with E-state index in [9.17, 15) is 28.0 Å². The third kappa shape index (κ3) is 4.30. The van der Waals surface area contributed by atoms with E-state index >= 15 is 0 Å². The number of thiazole rings is 1. The fraction of sp³-hybridized carbons (Fsp3) is 0.312. The minimum Gasteiger partial charge on any atom is -0.494 e. The van der Waals surface area contributed by atoms with Crippen LogP contribution in [-0.2, 0) is 4.74 Å². The largest absolute Gasteiger partial charge is 0.494 e. The molecule has 0 radical (unpaired) electrons. The van der Waals surface area contributed by atoms with E-state index in [0.29, 0.717) is 0 Å². The summed E-state index contributed by atoms with van der Waals surface area (Å²) in [6.07, 6.45) is -1.49. The van der Waals surface area contributed by atoms with Crippen molar-refractivity contribution in [3.05, 3.63) is 29.5 Å². The van der Waals surface area contributed by atoms with E-state index in [1.165, 1.54) is 20.8 Å². The Labute approximate surface area is 155 Å². The third-order valence-corrected chi connectivity index (χ3v) is 4.07. The van der Waals surface area contributed by atoms with E-state index < -0.39 is 55.7 Å². The molecule has 0 bridgehead atoms. The molecule has 0 aliphatic rings. The second-order valence-electron chi connectivity index (χ2n) is 6.18. The molecule has 0 atom stereocenters. The van der Waals surface area contributed by atoms with E-state index in [2.05, 4.69) is 4.98 Å². The molecule has 1 heterocycles. The number of hydrogen-bond donors (Lipinski definition) is 1. The zero-order valence-corrected chi connectivity index (χ0v) is 15.5. The van der Waals surface area contributed by atoms with Crippen molar-refractivity contribution in [1.29, 1.82) is 0 Å². The summed E-state index contributed by atoms with van der Waals surface area (Å²) in [5.74, 6) is -4.21. The number of halogens is 3. The zero-order valence-electron chi connectivity index (χ0n) is 14.7. The number of carboxylic acids is 1. The van der Waals surface area contributed by atoms with Crippen LogP contribution in [0.1, 0.15) is 31.3 Å². The molecule has 2 aromatic rings. The highest BCUT2D eigenvalue weighted by molar-refractivity contribution is 7.19. The maximum Gasteiger partial charge on any atom is 0.444 e. The lowest BCUT2D eigenvalue weighted by Crippen LogP contribution is -2.32. The maximum absolute atomic E-state index is 14.4. The Bertz CT molecular complexity index is 895. The lowest BCUT2D eigenvalue weighted by Gasteiger charge is -2.21. The van der Waals surface area contributed by atoms with Gasteiger partial charge in [0.05, 0.1) is 12.7 Å². The minimum atomic E-state index is -1.69. The zero-order chi connectivity index (χ0) is 20.5. The second kappa shape index (κ2) is 7.43. The number of rotatable bonds is 4. The summed E-state index contributed by atoms with van der Waals surface area (Å²) in [5, 5.41) is 7.38. The van der Waals surface area contributed by atoms with Crippen LogP contribution in [0.4, 0.5) is 23.1 Å². The average Bonchev–Trinajstić information content (AvgIpc) is 2.98. The van der Waals surface area contributed by atoms with Gasteiger partial charge in [-0.3, -0.25) is 0 Å². The summed E-state index contributed by atoms with van der Waals surface area (Å²) in [6.45, 7) is 4.45. The number of carbonyl (C=O) groups is 2. The Morgan fingerprint density at radius 3 is 2.41 bits per heavy atom. The van der Waals surface area contributed by atoms with Crippen molar-refractivity contribution in [2.24, 2.45) is 0 Å². The van der Waals surface area contributed by atoms with Gasteiger partial charge in [0.2, 0.25) is 0 Å². The van der Waals surface area contributed by atoms with Crippen LogP contribution in [0.5, 0.6) is 5.75 Å². The van der Waals surface area contributed by atoms with Crippen LogP contribution < -0.4 is 9.86 Å². The summed E-state index contributed by atoms with van der Waals surface area (Å²) < 4.78 is 52.5. The Kier molecular flexibility index (Phi) is 5.64. The molecule has 1 aromatic heterocycles. The molecule has 0 saturated heterocycles. The first-order chi connectivity index (χ1) is 12.5. The van der Waals surface area contributed by atoms with E-state index in [1.54, 1.807) is 0 Å². The maximum atomic E-state index is 14.4. The molecule has 0 spiro atoms. The number of carbonyl (C=O) groups excluding carboxylic acids is 1. The molecule has 1 amide bonds. The number of aromatic carboxylic acids is 1. The molecule has 0 aliphatic heterocycles. The predicted octanol–water partition coefficient (Wildman–Crippen LogP) is 4.42. The van der Waals surface area contributed by atoms with Crippen LogP contribution in [-0.4, -0.2) is 34.9 Å². The van der Waals surface area contributed by atoms with Gasteiger partial charge < -0.3 is 14.6 Å². The molecule has 146 valence electrons. The number of aromatic nitrogens is 1. The van der Waals surface area contributed by atoms with Crippen LogP contribution in [0.15, 0.2) is 12.1 Å². The van der Waals surface area contributed by atoms with Gasteiger partial charge >= 0.3 is 12.1 Å². The van der Waals surface area contributed by atoms with Crippen LogP contribution in [0.2, 0.25) is 0 Å². The Morgan fingerprint density at radius 2 is 1.89 bits per heavy atom. The summed E-state index contributed by atoms with van der Waals surface area (Å²) >= 11 is 0.273. The minimum absolute atomic E-state index is 0.273. The van der Waals surface area contributed by atoms with Crippen molar-refractivity contribution in [3.63, 3.8) is 0 Å². The van der Waals surface area contributed by atoms with Crippen LogP contribution >= 0.6 is 11.3 Å². The van der Waals surface area contributed by atoms with Crippen molar-refractivity contribution in [1.82, 2.24) is 4.98 Å². The first kappa shape index (κ1) is 20.5. The van der Waals surface area contributed by atoms with Gasteiger partial charge in [-0.05, 0) is 32.9 Å². The van der Waals surface area contributed by atoms with E-state index in [-0.39, 0.29) is 17.1 Å². The van der Waals surface area contributed by atoms with Gasteiger partial charge in [0.1, 0.15) is 16.4 Å². The Balaban J connectivity index is 2.57. The lowest BCUT2D eigenvalue weighted by molar-refractivity contribution is 0.0502. The molecule has 0 unspecified atom stereocenters. The first-order valence-electron chi connectivity index (χ1n) is 7.41. The first-order valence-corrected chi connectivity index (χ1v) is 8.23. The van der Waals surface area contributed by atoms with Crippen molar-refractivity contribution >= 4 is 28.4 Å². The monoisotopic (exact) mass is 404 g/mol. The highest BCUT2D eigenvalue weighted by atomic mass is 32.1. The normalized spacial score (nSPS) is 11.2. The average molecular weight is 404 g/mol. The number of hydrogen-bond acceptors (Lipinski definition) is 6. The predicted molar refractivity (Wildman–Crippen MR) is 90.8 cm³/mol. The summed E-state index contributed by atoms with van der Waals surface area (Å²) in [4.78, 5) is 26.8. The molecular weight excluding hydrogens is 389 g/mol. The molecular formula is C16H15F3N2O5S. The topological polar surface area (TPSA) is 89.0 Å². The molecule has 1 aromatic carbocycles. The summed E-state index contributed by atoms with van der Waals surface area (Å²) in [7, 11) is 1.15. The second-order valence-corrected chi connectivity index (χ2v) is 7.16. The van der Waals surface area contributed by atoms with Crippen LogP contribution in [0.25, 0.3) is 10.6 Å². The Hall–Kier alpha value is -2.82. The lowest BCUT2D eigenvalue weighted by atomic mass is 10.2.